The van der Waals surface area contributed by atoms with E-state index in [1.54, 1.807) is 6.20 Å². The van der Waals surface area contributed by atoms with Crippen LogP contribution in [0.1, 0.15) is 23.3 Å². The van der Waals surface area contributed by atoms with E-state index in [0.717, 1.165) is 31.7 Å². The lowest BCUT2D eigenvalue weighted by Gasteiger charge is -2.33. The van der Waals surface area contributed by atoms with E-state index in [0.29, 0.717) is 0 Å². The summed E-state index contributed by atoms with van der Waals surface area (Å²) < 4.78 is 0. The van der Waals surface area contributed by atoms with Gasteiger partial charge in [-0.15, -0.1) is 0 Å². The van der Waals surface area contributed by atoms with Crippen molar-refractivity contribution >= 4 is 17.5 Å². The van der Waals surface area contributed by atoms with Crippen molar-refractivity contribution in [1.82, 2.24) is 20.3 Å². The van der Waals surface area contributed by atoms with E-state index in [1.807, 2.05) is 18.2 Å². The summed E-state index contributed by atoms with van der Waals surface area (Å²) in [4.78, 5) is 26.6. The number of rotatable bonds is 3. The van der Waals surface area contributed by atoms with E-state index in [-0.39, 0.29) is 23.5 Å². The van der Waals surface area contributed by atoms with Crippen molar-refractivity contribution in [2.45, 2.75) is 18.9 Å². The topological polar surface area (TPSA) is 97.0 Å². The highest BCUT2D eigenvalue weighted by atomic mass is 16.2. The lowest BCUT2D eigenvalue weighted by molar-refractivity contribution is 0.0926. The molecule has 3 rings (SSSR count). The van der Waals surface area contributed by atoms with Gasteiger partial charge in [0.1, 0.15) is 5.82 Å². The summed E-state index contributed by atoms with van der Waals surface area (Å²) in [5, 5.41) is 2.98. The molecule has 0 unspecified atom stereocenters. The van der Waals surface area contributed by atoms with Gasteiger partial charge in [-0.3, -0.25) is 4.79 Å². The van der Waals surface area contributed by atoms with Gasteiger partial charge in [0.15, 0.2) is 11.5 Å². The largest absolute Gasteiger partial charge is 0.382 e. The fourth-order valence-corrected chi connectivity index (χ4v) is 2.57. The molecule has 0 radical (unpaired) electrons. The Morgan fingerprint density at radius 2 is 1.91 bits per heavy atom. The Morgan fingerprint density at radius 3 is 2.59 bits per heavy atom. The number of carbonyl (C=O) groups is 1. The lowest BCUT2D eigenvalue weighted by Crippen LogP contribution is -2.45. The monoisotopic (exact) mass is 298 g/mol. The molecule has 1 amide bonds. The Labute approximate surface area is 128 Å². The van der Waals surface area contributed by atoms with Crippen LogP contribution in [0.5, 0.6) is 0 Å². The predicted molar refractivity (Wildman–Crippen MR) is 83.4 cm³/mol. The first-order valence-corrected chi connectivity index (χ1v) is 7.27. The van der Waals surface area contributed by atoms with Crippen molar-refractivity contribution in [3.8, 4) is 0 Å². The Kier molecular flexibility index (Phi) is 4.13. The molecule has 1 saturated heterocycles. The van der Waals surface area contributed by atoms with Crippen molar-refractivity contribution in [3.05, 3.63) is 42.5 Å². The number of pyridine rings is 1. The van der Waals surface area contributed by atoms with Crippen LogP contribution in [0.3, 0.4) is 0 Å². The summed E-state index contributed by atoms with van der Waals surface area (Å²) in [6, 6.07) is 6.00. The van der Waals surface area contributed by atoms with Gasteiger partial charge in [0.25, 0.3) is 5.91 Å². The van der Waals surface area contributed by atoms with Crippen molar-refractivity contribution < 1.29 is 4.79 Å². The molecular formula is C15H18N6O. The number of hydrogen-bond donors (Lipinski definition) is 2. The maximum absolute atomic E-state index is 12.2. The van der Waals surface area contributed by atoms with Crippen molar-refractivity contribution in [2.24, 2.45) is 0 Å². The lowest BCUT2D eigenvalue weighted by atomic mass is 10.0. The first-order chi connectivity index (χ1) is 10.7. The number of aromatic nitrogens is 3. The molecule has 1 fully saturated rings. The smallest absolute Gasteiger partial charge is 0.273 e. The van der Waals surface area contributed by atoms with Crippen LogP contribution in [0.4, 0.5) is 11.6 Å². The Hall–Kier alpha value is -2.70. The zero-order valence-corrected chi connectivity index (χ0v) is 12.1. The average molecular weight is 298 g/mol. The van der Waals surface area contributed by atoms with Crippen LogP contribution in [0, 0.1) is 0 Å². The van der Waals surface area contributed by atoms with Gasteiger partial charge < -0.3 is 16.0 Å². The van der Waals surface area contributed by atoms with Crippen LogP contribution < -0.4 is 16.0 Å². The predicted octanol–water partition coefficient (Wildman–Crippen LogP) is 0.853. The molecule has 1 aliphatic rings. The second kappa shape index (κ2) is 6.38. The van der Waals surface area contributed by atoms with E-state index in [2.05, 4.69) is 25.2 Å². The molecule has 3 heterocycles. The van der Waals surface area contributed by atoms with E-state index in [1.165, 1.54) is 12.4 Å². The summed E-state index contributed by atoms with van der Waals surface area (Å²) in [5.74, 6) is 0.873. The number of hydrogen-bond acceptors (Lipinski definition) is 6. The highest BCUT2D eigenvalue weighted by Crippen LogP contribution is 2.17. The SMILES string of the molecule is Nc1nccnc1C(=O)NC1CCN(c2ccccn2)CC1. The number of nitrogens with zero attached hydrogens (tertiary/aromatic N) is 4. The van der Waals surface area contributed by atoms with Crippen molar-refractivity contribution in [1.29, 1.82) is 0 Å². The standard InChI is InChI=1S/C15H18N6O/c16-14-13(18-7-8-19-14)15(22)20-11-4-9-21(10-5-11)12-3-1-2-6-17-12/h1-3,6-8,11H,4-5,9-10H2,(H2,16,19)(H,20,22). The first-order valence-electron chi connectivity index (χ1n) is 7.27. The van der Waals surface area contributed by atoms with E-state index < -0.39 is 0 Å². The Morgan fingerprint density at radius 1 is 1.14 bits per heavy atom. The van der Waals surface area contributed by atoms with Crippen LogP contribution in [-0.2, 0) is 0 Å². The van der Waals surface area contributed by atoms with Crippen LogP contribution >= 0.6 is 0 Å². The third-order valence-electron chi connectivity index (χ3n) is 3.75. The number of nitrogens with two attached hydrogens (primary N) is 1. The number of amides is 1. The quantitative estimate of drug-likeness (QED) is 0.872. The number of anilines is 2. The molecule has 114 valence electrons. The molecule has 7 heteroatoms. The summed E-state index contributed by atoms with van der Waals surface area (Å²) >= 11 is 0. The summed E-state index contributed by atoms with van der Waals surface area (Å²) in [7, 11) is 0. The maximum Gasteiger partial charge on any atom is 0.273 e. The van der Waals surface area contributed by atoms with Crippen LogP contribution in [0.25, 0.3) is 0 Å². The zero-order valence-electron chi connectivity index (χ0n) is 12.1. The van der Waals surface area contributed by atoms with Crippen LogP contribution in [-0.4, -0.2) is 40.0 Å². The van der Waals surface area contributed by atoms with E-state index in [4.69, 9.17) is 5.73 Å². The van der Waals surface area contributed by atoms with Gasteiger partial charge in [-0.2, -0.15) is 0 Å². The molecule has 1 aliphatic heterocycles. The second-order valence-corrected chi connectivity index (χ2v) is 5.21. The molecule has 2 aromatic rings. The molecule has 7 nitrogen and oxygen atoms in total. The minimum absolute atomic E-state index is 0.119. The van der Waals surface area contributed by atoms with Gasteiger partial charge >= 0.3 is 0 Å². The van der Waals surface area contributed by atoms with E-state index in [9.17, 15) is 4.79 Å². The molecular weight excluding hydrogens is 280 g/mol. The van der Waals surface area contributed by atoms with Crippen LogP contribution in [0.15, 0.2) is 36.8 Å². The third-order valence-corrected chi connectivity index (χ3v) is 3.75. The van der Waals surface area contributed by atoms with Crippen molar-refractivity contribution in [3.63, 3.8) is 0 Å². The van der Waals surface area contributed by atoms with Gasteiger partial charge in [0.05, 0.1) is 0 Å². The zero-order chi connectivity index (χ0) is 15.4. The van der Waals surface area contributed by atoms with Gasteiger partial charge in [-0.05, 0) is 25.0 Å². The van der Waals surface area contributed by atoms with Crippen LogP contribution in [0.2, 0.25) is 0 Å². The number of carbonyl (C=O) groups excluding carboxylic acids is 1. The molecule has 0 atom stereocenters. The second-order valence-electron chi connectivity index (χ2n) is 5.21. The Bertz CT molecular complexity index is 639. The molecule has 3 N–H and O–H groups in total. The van der Waals surface area contributed by atoms with Gasteiger partial charge in [-0.25, -0.2) is 15.0 Å². The van der Waals surface area contributed by atoms with Crippen molar-refractivity contribution in [2.75, 3.05) is 23.7 Å². The highest BCUT2D eigenvalue weighted by Gasteiger charge is 2.23. The molecule has 0 bridgehead atoms. The third kappa shape index (κ3) is 3.13. The molecule has 0 aliphatic carbocycles. The average Bonchev–Trinajstić information content (AvgIpc) is 2.57. The molecule has 22 heavy (non-hydrogen) atoms. The molecule has 0 spiro atoms. The molecule has 0 saturated carbocycles. The highest BCUT2D eigenvalue weighted by molar-refractivity contribution is 5.96. The molecule has 0 aromatic carbocycles. The normalized spacial score (nSPS) is 15.5. The minimum Gasteiger partial charge on any atom is -0.382 e. The van der Waals surface area contributed by atoms with Gasteiger partial charge in [0.2, 0.25) is 0 Å². The molecule has 2 aromatic heterocycles. The summed E-state index contributed by atoms with van der Waals surface area (Å²) in [6.07, 6.45) is 6.46. The summed E-state index contributed by atoms with van der Waals surface area (Å²) in [6.45, 7) is 1.72. The van der Waals surface area contributed by atoms with Gasteiger partial charge in [-0.1, -0.05) is 6.07 Å². The maximum atomic E-state index is 12.2. The number of piperidine rings is 1. The fourth-order valence-electron chi connectivity index (χ4n) is 2.57. The summed E-state index contributed by atoms with van der Waals surface area (Å²) in [5.41, 5.74) is 5.86. The minimum atomic E-state index is -0.262. The first kappa shape index (κ1) is 14.2. The van der Waals surface area contributed by atoms with E-state index >= 15 is 0 Å². The Balaban J connectivity index is 1.56. The van der Waals surface area contributed by atoms with Gasteiger partial charge in [0, 0.05) is 37.7 Å². The fraction of sp³-hybridized carbons (Fsp3) is 0.333. The number of nitrogens with one attached hydrogen (secondary N) is 1. The number of nitrogen functional groups attached to an aromatic ring is 1.